The van der Waals surface area contributed by atoms with Crippen LogP contribution in [0.15, 0.2) is 12.1 Å². The van der Waals surface area contributed by atoms with E-state index in [0.29, 0.717) is 34.2 Å². The molecule has 0 saturated carbocycles. The van der Waals surface area contributed by atoms with E-state index in [1.165, 1.54) is 12.8 Å². The van der Waals surface area contributed by atoms with Crippen LogP contribution >= 0.6 is 11.6 Å². The van der Waals surface area contributed by atoms with E-state index in [1.54, 1.807) is 12.1 Å². The summed E-state index contributed by atoms with van der Waals surface area (Å²) in [5.74, 6) is 1.15. The Labute approximate surface area is 141 Å². The Bertz CT molecular complexity index is 637. The smallest absolute Gasteiger partial charge is 0.254 e. The molecule has 1 amide bonds. The molecule has 3 aliphatic heterocycles. The van der Waals surface area contributed by atoms with E-state index in [0.717, 1.165) is 25.9 Å². The van der Waals surface area contributed by atoms with Crippen LogP contribution in [0, 0.1) is 0 Å². The molecule has 6 heteroatoms. The maximum absolute atomic E-state index is 13.0. The Kier molecular flexibility index (Phi) is 3.85. The van der Waals surface area contributed by atoms with Gasteiger partial charge in [0.25, 0.3) is 5.91 Å². The predicted octanol–water partition coefficient (Wildman–Crippen LogP) is 2.77. The molecule has 0 radical (unpaired) electrons. The largest absolute Gasteiger partial charge is 0.454 e. The van der Waals surface area contributed by atoms with E-state index in [9.17, 15) is 4.79 Å². The van der Waals surface area contributed by atoms with Crippen molar-refractivity contribution >= 4 is 17.5 Å². The molecule has 3 aliphatic rings. The molecule has 2 atom stereocenters. The lowest BCUT2D eigenvalue weighted by atomic mass is 10.0. The summed E-state index contributed by atoms with van der Waals surface area (Å²) in [6.07, 6.45) is 4.54. The summed E-state index contributed by atoms with van der Waals surface area (Å²) in [5, 5.41) is 0.442. The SMILES string of the molecule is CN1CCC[C@@H]1[C@@H]1CCCN1C(=O)c1cc(Cl)c2c(c1)OCO2. The third-order valence-electron chi connectivity index (χ3n) is 5.26. The maximum atomic E-state index is 13.0. The summed E-state index contributed by atoms with van der Waals surface area (Å²) in [6, 6.07) is 4.24. The zero-order chi connectivity index (χ0) is 16.0. The van der Waals surface area contributed by atoms with Crippen molar-refractivity contribution in [3.63, 3.8) is 0 Å². The van der Waals surface area contributed by atoms with Crippen molar-refractivity contribution in [3.05, 3.63) is 22.7 Å². The van der Waals surface area contributed by atoms with E-state index >= 15 is 0 Å². The maximum Gasteiger partial charge on any atom is 0.254 e. The summed E-state index contributed by atoms with van der Waals surface area (Å²) in [6.45, 7) is 2.10. The number of rotatable bonds is 2. The minimum Gasteiger partial charge on any atom is -0.454 e. The van der Waals surface area contributed by atoms with Crippen molar-refractivity contribution in [1.29, 1.82) is 0 Å². The number of hydrogen-bond acceptors (Lipinski definition) is 4. The van der Waals surface area contributed by atoms with Crippen molar-refractivity contribution in [3.8, 4) is 11.5 Å². The van der Waals surface area contributed by atoms with Crippen LogP contribution in [0.5, 0.6) is 11.5 Å². The van der Waals surface area contributed by atoms with Crippen LogP contribution < -0.4 is 9.47 Å². The molecule has 124 valence electrons. The molecule has 1 aromatic rings. The van der Waals surface area contributed by atoms with Crippen LogP contribution in [-0.4, -0.2) is 54.7 Å². The lowest BCUT2D eigenvalue weighted by Gasteiger charge is -2.33. The van der Waals surface area contributed by atoms with Crippen molar-refractivity contribution in [2.45, 2.75) is 37.8 Å². The van der Waals surface area contributed by atoms with Gasteiger partial charge < -0.3 is 19.3 Å². The highest BCUT2D eigenvalue weighted by Gasteiger charge is 2.39. The number of hydrogen-bond donors (Lipinski definition) is 0. The number of carbonyl (C=O) groups is 1. The Balaban J connectivity index is 1.60. The van der Waals surface area contributed by atoms with Crippen molar-refractivity contribution in [2.24, 2.45) is 0 Å². The van der Waals surface area contributed by atoms with E-state index in [-0.39, 0.29) is 12.7 Å². The van der Waals surface area contributed by atoms with Crippen molar-refractivity contribution in [1.82, 2.24) is 9.80 Å². The molecule has 0 N–H and O–H groups in total. The summed E-state index contributed by atoms with van der Waals surface area (Å²) < 4.78 is 10.7. The molecule has 0 spiro atoms. The normalized spacial score (nSPS) is 27.0. The van der Waals surface area contributed by atoms with Gasteiger partial charge in [-0.3, -0.25) is 4.79 Å². The number of nitrogens with zero attached hydrogens (tertiary/aromatic N) is 2. The first-order chi connectivity index (χ1) is 11.1. The van der Waals surface area contributed by atoms with Gasteiger partial charge in [0, 0.05) is 24.2 Å². The third-order valence-corrected chi connectivity index (χ3v) is 5.54. The highest BCUT2D eigenvalue weighted by atomic mass is 35.5. The van der Waals surface area contributed by atoms with E-state index in [2.05, 4.69) is 11.9 Å². The van der Waals surface area contributed by atoms with Gasteiger partial charge in [-0.15, -0.1) is 0 Å². The molecule has 5 nitrogen and oxygen atoms in total. The van der Waals surface area contributed by atoms with E-state index < -0.39 is 0 Å². The molecule has 1 aromatic carbocycles. The van der Waals surface area contributed by atoms with Crippen LogP contribution in [0.3, 0.4) is 0 Å². The van der Waals surface area contributed by atoms with Gasteiger partial charge in [-0.25, -0.2) is 0 Å². The molecule has 23 heavy (non-hydrogen) atoms. The zero-order valence-corrected chi connectivity index (χ0v) is 14.0. The number of ether oxygens (including phenoxy) is 2. The first-order valence-electron chi connectivity index (χ1n) is 8.25. The molecule has 2 saturated heterocycles. The molecule has 0 aliphatic carbocycles. The van der Waals surface area contributed by atoms with Gasteiger partial charge >= 0.3 is 0 Å². The van der Waals surface area contributed by atoms with Crippen molar-refractivity contribution < 1.29 is 14.3 Å². The standard InChI is InChI=1S/C17H21ClN2O3/c1-19-6-2-4-13(19)14-5-3-7-20(14)17(21)11-8-12(18)16-15(9-11)22-10-23-16/h8-9,13-14H,2-7,10H2,1H3/t13-,14+/m1/s1. The van der Waals surface area contributed by atoms with Gasteiger partial charge in [0.1, 0.15) is 0 Å². The third kappa shape index (κ3) is 2.56. The minimum absolute atomic E-state index is 0.0491. The van der Waals surface area contributed by atoms with Crippen LogP contribution in [0.4, 0.5) is 0 Å². The number of fused-ring (bicyclic) bond motifs is 1. The summed E-state index contributed by atoms with van der Waals surface area (Å²) in [5.41, 5.74) is 0.590. The van der Waals surface area contributed by atoms with Crippen molar-refractivity contribution in [2.75, 3.05) is 26.9 Å². The highest BCUT2D eigenvalue weighted by molar-refractivity contribution is 6.32. The van der Waals surface area contributed by atoms with Gasteiger partial charge in [0.15, 0.2) is 11.5 Å². The highest BCUT2D eigenvalue weighted by Crippen LogP contribution is 2.40. The average Bonchev–Trinajstić information content (AvgIpc) is 3.25. The quantitative estimate of drug-likeness (QED) is 0.833. The Morgan fingerprint density at radius 1 is 1.17 bits per heavy atom. The van der Waals surface area contributed by atoms with E-state index in [4.69, 9.17) is 21.1 Å². The first kappa shape index (κ1) is 15.1. The number of halogens is 1. The predicted molar refractivity (Wildman–Crippen MR) is 87.3 cm³/mol. The molecule has 0 unspecified atom stereocenters. The molecular formula is C17H21ClN2O3. The topological polar surface area (TPSA) is 42.0 Å². The van der Waals surface area contributed by atoms with Gasteiger partial charge in [-0.05, 0) is 51.4 Å². The Morgan fingerprint density at radius 3 is 2.74 bits per heavy atom. The van der Waals surface area contributed by atoms with Gasteiger partial charge in [0.2, 0.25) is 6.79 Å². The summed E-state index contributed by atoms with van der Waals surface area (Å²) >= 11 is 6.23. The van der Waals surface area contributed by atoms with Crippen LogP contribution in [0.1, 0.15) is 36.0 Å². The van der Waals surface area contributed by atoms with Crippen LogP contribution in [0.2, 0.25) is 5.02 Å². The van der Waals surface area contributed by atoms with Gasteiger partial charge in [0.05, 0.1) is 5.02 Å². The van der Waals surface area contributed by atoms with Crippen LogP contribution in [-0.2, 0) is 0 Å². The molecule has 3 heterocycles. The van der Waals surface area contributed by atoms with Gasteiger partial charge in [-0.2, -0.15) is 0 Å². The van der Waals surface area contributed by atoms with Gasteiger partial charge in [-0.1, -0.05) is 11.6 Å². The fraction of sp³-hybridized carbons (Fsp3) is 0.588. The first-order valence-corrected chi connectivity index (χ1v) is 8.63. The molecule has 0 aromatic heterocycles. The fourth-order valence-electron chi connectivity index (χ4n) is 4.12. The number of likely N-dealkylation sites (N-methyl/N-ethyl adjacent to an activating group) is 1. The number of amides is 1. The second kappa shape index (κ2) is 5.87. The minimum atomic E-state index is 0.0491. The second-order valence-electron chi connectivity index (χ2n) is 6.59. The zero-order valence-electron chi connectivity index (χ0n) is 13.3. The molecular weight excluding hydrogens is 316 g/mol. The number of carbonyl (C=O) groups excluding carboxylic acids is 1. The number of likely N-dealkylation sites (tertiary alicyclic amines) is 2. The molecule has 2 fully saturated rings. The number of benzene rings is 1. The lowest BCUT2D eigenvalue weighted by molar-refractivity contribution is 0.0664. The summed E-state index contributed by atoms with van der Waals surface area (Å²) in [4.78, 5) is 17.4. The fourth-order valence-corrected chi connectivity index (χ4v) is 4.39. The van der Waals surface area contributed by atoms with E-state index in [1.807, 2.05) is 4.90 Å². The monoisotopic (exact) mass is 336 g/mol. The molecule has 0 bridgehead atoms. The summed E-state index contributed by atoms with van der Waals surface area (Å²) in [7, 11) is 2.16. The Hall–Kier alpha value is -1.46. The average molecular weight is 337 g/mol. The second-order valence-corrected chi connectivity index (χ2v) is 7.00. The Morgan fingerprint density at radius 2 is 1.96 bits per heavy atom. The molecule has 4 rings (SSSR count). The lowest BCUT2D eigenvalue weighted by Crippen LogP contribution is -2.47. The van der Waals surface area contributed by atoms with Crippen LogP contribution in [0.25, 0.3) is 0 Å².